The Balaban J connectivity index is 0.997. The first kappa shape index (κ1) is 33.7. The van der Waals surface area contributed by atoms with E-state index in [1.54, 1.807) is 0 Å². The summed E-state index contributed by atoms with van der Waals surface area (Å²) in [6, 6.07) is 72.3. The Hall–Kier alpha value is -7.20. The van der Waals surface area contributed by atoms with E-state index in [0.717, 1.165) is 17.1 Å². The van der Waals surface area contributed by atoms with E-state index in [1.165, 1.54) is 103 Å². The van der Waals surface area contributed by atoms with Crippen LogP contribution in [-0.4, -0.2) is 4.40 Å². The second kappa shape index (κ2) is 12.4. The monoisotopic (exact) mass is 782 g/mol. The van der Waals surface area contributed by atoms with E-state index in [9.17, 15) is 0 Å². The average molecular weight is 783 g/mol. The number of para-hydroxylation sites is 3. The zero-order valence-electron chi connectivity index (χ0n) is 33.3. The highest BCUT2D eigenvalue weighted by atomic mass is 32.1. The number of fused-ring (bicyclic) bond motifs is 12. The highest BCUT2D eigenvalue weighted by Gasteiger charge is 2.35. The van der Waals surface area contributed by atoms with Gasteiger partial charge in [-0.2, -0.15) is 0 Å². The average Bonchev–Trinajstić information content (AvgIpc) is 4.02. The summed E-state index contributed by atoms with van der Waals surface area (Å²) >= 11 is 1.87. The summed E-state index contributed by atoms with van der Waals surface area (Å²) in [6.45, 7) is 4.69. The van der Waals surface area contributed by atoms with Gasteiger partial charge in [0.15, 0.2) is 0 Å². The molecule has 1 aliphatic carbocycles. The molecule has 0 unspecified atom stereocenters. The van der Waals surface area contributed by atoms with E-state index in [1.807, 2.05) is 11.3 Å². The van der Waals surface area contributed by atoms with E-state index < -0.39 is 0 Å². The predicted octanol–water partition coefficient (Wildman–Crippen LogP) is 16.3. The molecule has 12 aromatic rings. The van der Waals surface area contributed by atoms with Gasteiger partial charge in [-0.05, 0) is 99.1 Å². The maximum atomic E-state index is 2.51. The Morgan fingerprint density at radius 1 is 0.417 bits per heavy atom. The third-order valence-electron chi connectivity index (χ3n) is 13.3. The van der Waals surface area contributed by atoms with E-state index in [-0.39, 0.29) is 5.41 Å². The van der Waals surface area contributed by atoms with E-state index in [4.69, 9.17) is 0 Å². The number of anilines is 3. The summed E-state index contributed by atoms with van der Waals surface area (Å²) < 4.78 is 5.15. The van der Waals surface area contributed by atoms with Gasteiger partial charge in [-0.25, -0.2) is 0 Å². The maximum absolute atomic E-state index is 2.51. The molecule has 2 nitrogen and oxygen atoms in total. The van der Waals surface area contributed by atoms with Gasteiger partial charge in [0.1, 0.15) is 0 Å². The van der Waals surface area contributed by atoms with Gasteiger partial charge in [0.2, 0.25) is 0 Å². The normalized spacial score (nSPS) is 13.3. The number of rotatable bonds is 5. The summed E-state index contributed by atoms with van der Waals surface area (Å²) in [6.07, 6.45) is 0. The zero-order valence-corrected chi connectivity index (χ0v) is 34.1. The van der Waals surface area contributed by atoms with Crippen molar-refractivity contribution in [2.75, 3.05) is 4.90 Å². The van der Waals surface area contributed by atoms with Crippen LogP contribution in [0.3, 0.4) is 0 Å². The van der Waals surface area contributed by atoms with Gasteiger partial charge in [-0.3, -0.25) is 0 Å². The minimum absolute atomic E-state index is 0.0133. The van der Waals surface area contributed by atoms with Crippen LogP contribution in [0.1, 0.15) is 25.0 Å². The molecule has 3 heteroatoms. The first-order valence-electron chi connectivity index (χ1n) is 20.8. The predicted molar refractivity (Wildman–Crippen MR) is 257 cm³/mol. The molecule has 9 aromatic carbocycles. The Morgan fingerprint density at radius 2 is 0.983 bits per heavy atom. The number of hydrogen-bond acceptors (Lipinski definition) is 2. The smallest absolute Gasteiger partial charge is 0.0782 e. The number of benzene rings is 9. The maximum Gasteiger partial charge on any atom is 0.0782 e. The lowest BCUT2D eigenvalue weighted by Gasteiger charge is -2.27. The minimum Gasteiger partial charge on any atom is -0.308 e. The molecule has 60 heavy (non-hydrogen) atoms. The molecule has 13 rings (SSSR count). The number of thiophene rings is 1. The van der Waals surface area contributed by atoms with E-state index >= 15 is 0 Å². The molecule has 0 saturated heterocycles. The molecule has 0 fully saturated rings. The Morgan fingerprint density at radius 3 is 1.80 bits per heavy atom. The second-order valence-corrected chi connectivity index (χ2v) is 17.9. The van der Waals surface area contributed by atoms with Crippen molar-refractivity contribution in [3.8, 4) is 33.4 Å². The van der Waals surface area contributed by atoms with Crippen LogP contribution in [0.4, 0.5) is 17.1 Å². The van der Waals surface area contributed by atoms with Crippen LogP contribution >= 0.6 is 11.3 Å². The fourth-order valence-corrected chi connectivity index (χ4v) is 11.7. The standard InChI is InChI=1S/C57H38N2S/c1-57(2)48-19-6-3-12-41(48)47-34-37(28-33-49(47)57)35-24-29-38(30-25-35)58(39-31-26-36(27-32-39)40-15-11-23-53-54(40)46-14-5-8-22-52(46)60-53)51-21-10-18-45-44-17-9-16-43-42-13-4-7-20-50(42)59(55(43)44)56(45)51/h3-34H,1-2H3. The topological polar surface area (TPSA) is 7.65 Å². The molecule has 0 spiro atoms. The van der Waals surface area contributed by atoms with Crippen LogP contribution in [-0.2, 0) is 5.41 Å². The van der Waals surface area contributed by atoms with Crippen LogP contribution in [0.2, 0.25) is 0 Å². The lowest BCUT2D eigenvalue weighted by Crippen LogP contribution is -2.14. The highest BCUT2D eigenvalue weighted by Crippen LogP contribution is 2.50. The van der Waals surface area contributed by atoms with Crippen LogP contribution < -0.4 is 4.90 Å². The first-order valence-corrected chi connectivity index (χ1v) is 21.7. The molecule has 0 bridgehead atoms. The van der Waals surface area contributed by atoms with Crippen LogP contribution in [0.25, 0.3) is 91.6 Å². The molecule has 3 heterocycles. The van der Waals surface area contributed by atoms with Gasteiger partial charge in [-0.15, -0.1) is 11.3 Å². The Bertz CT molecular complexity index is 3680. The number of hydrogen-bond donors (Lipinski definition) is 0. The van der Waals surface area contributed by atoms with Gasteiger partial charge in [-0.1, -0.05) is 153 Å². The van der Waals surface area contributed by atoms with Crippen molar-refractivity contribution in [2.24, 2.45) is 0 Å². The Kier molecular flexibility index (Phi) is 6.98. The van der Waals surface area contributed by atoms with Gasteiger partial charge in [0.05, 0.1) is 22.2 Å². The molecule has 282 valence electrons. The number of nitrogens with zero attached hydrogens (tertiary/aromatic N) is 2. The molecule has 0 atom stereocenters. The van der Waals surface area contributed by atoms with Gasteiger partial charge in [0, 0.05) is 58.5 Å². The summed E-state index contributed by atoms with van der Waals surface area (Å²) in [5, 5.41) is 7.77. The molecular formula is C57H38N2S. The molecule has 0 N–H and O–H groups in total. The zero-order chi connectivity index (χ0) is 39.7. The summed E-state index contributed by atoms with van der Waals surface area (Å²) in [5.41, 5.74) is 17.5. The summed E-state index contributed by atoms with van der Waals surface area (Å²) in [4.78, 5) is 2.46. The van der Waals surface area contributed by atoms with Crippen LogP contribution in [0.15, 0.2) is 194 Å². The van der Waals surface area contributed by atoms with Crippen molar-refractivity contribution in [3.63, 3.8) is 0 Å². The first-order chi connectivity index (χ1) is 29.5. The molecule has 0 aliphatic heterocycles. The van der Waals surface area contributed by atoms with Crippen molar-refractivity contribution >= 4 is 86.7 Å². The lowest BCUT2D eigenvalue weighted by molar-refractivity contribution is 0.660. The molecule has 0 radical (unpaired) electrons. The molecular weight excluding hydrogens is 745 g/mol. The quantitative estimate of drug-likeness (QED) is 0.169. The minimum atomic E-state index is -0.0133. The van der Waals surface area contributed by atoms with E-state index in [2.05, 4.69) is 217 Å². The third-order valence-corrected chi connectivity index (χ3v) is 14.5. The summed E-state index contributed by atoms with van der Waals surface area (Å²) in [5.74, 6) is 0. The molecule has 3 aromatic heterocycles. The largest absolute Gasteiger partial charge is 0.308 e. The highest BCUT2D eigenvalue weighted by molar-refractivity contribution is 7.25. The van der Waals surface area contributed by atoms with Gasteiger partial charge in [0.25, 0.3) is 0 Å². The van der Waals surface area contributed by atoms with Crippen molar-refractivity contribution in [2.45, 2.75) is 19.3 Å². The molecule has 0 amide bonds. The fraction of sp³-hybridized carbons (Fsp3) is 0.0526. The third kappa shape index (κ3) is 4.64. The summed E-state index contributed by atoms with van der Waals surface area (Å²) in [7, 11) is 0. The van der Waals surface area contributed by atoms with Gasteiger partial charge >= 0.3 is 0 Å². The van der Waals surface area contributed by atoms with Crippen molar-refractivity contribution < 1.29 is 0 Å². The van der Waals surface area contributed by atoms with Crippen molar-refractivity contribution in [1.29, 1.82) is 0 Å². The van der Waals surface area contributed by atoms with Crippen LogP contribution in [0, 0.1) is 0 Å². The van der Waals surface area contributed by atoms with Crippen molar-refractivity contribution in [3.05, 3.63) is 205 Å². The second-order valence-electron chi connectivity index (χ2n) is 16.9. The van der Waals surface area contributed by atoms with E-state index in [0.29, 0.717) is 0 Å². The van der Waals surface area contributed by atoms with Crippen LogP contribution in [0.5, 0.6) is 0 Å². The number of aromatic nitrogens is 1. The fourth-order valence-electron chi connectivity index (χ4n) is 10.6. The lowest BCUT2D eigenvalue weighted by atomic mass is 9.82. The molecule has 1 aliphatic rings. The molecule has 0 saturated carbocycles. The SMILES string of the molecule is CC1(C)c2ccccc2-c2cc(-c3ccc(N(c4ccc(-c5cccc6sc7ccccc7c56)cc4)c4cccc5c6cccc7c8ccccc8n(c45)c76)cc3)ccc21. The Labute approximate surface area is 352 Å². The van der Waals surface area contributed by atoms with Crippen molar-refractivity contribution in [1.82, 2.24) is 4.40 Å². The van der Waals surface area contributed by atoms with Gasteiger partial charge < -0.3 is 9.30 Å².